The summed E-state index contributed by atoms with van der Waals surface area (Å²) in [4.78, 5) is 23.3. The molecule has 144 valence electrons. The Balaban J connectivity index is 1.65. The number of hydrogen-bond donors (Lipinski definition) is 0. The van der Waals surface area contributed by atoms with Crippen LogP contribution in [-0.4, -0.2) is 42.2 Å². The molecule has 0 atom stereocenters. The van der Waals surface area contributed by atoms with Gasteiger partial charge in [-0.25, -0.2) is 14.7 Å². The van der Waals surface area contributed by atoms with Gasteiger partial charge in [-0.3, -0.25) is 0 Å². The average molecular weight is 386 g/mol. The number of amides is 1. The van der Waals surface area contributed by atoms with Gasteiger partial charge >= 0.3 is 6.09 Å². The second kappa shape index (κ2) is 9.76. The van der Waals surface area contributed by atoms with Crippen LogP contribution in [0.1, 0.15) is 33.1 Å². The fourth-order valence-corrected chi connectivity index (χ4v) is 4.28. The molecule has 3 rings (SSSR count). The van der Waals surface area contributed by atoms with Crippen molar-refractivity contribution in [1.82, 2.24) is 9.88 Å². The molecule has 27 heavy (non-hydrogen) atoms. The number of ether oxygens (including phenoxy) is 1. The molecule has 0 aliphatic carbocycles. The predicted octanol–water partition coefficient (Wildman–Crippen LogP) is 5.33. The summed E-state index contributed by atoms with van der Waals surface area (Å²) < 4.78 is 5.61. The first-order valence-corrected chi connectivity index (χ1v) is 10.5. The molecule has 1 aliphatic heterocycles. The Morgan fingerprint density at radius 3 is 2.59 bits per heavy atom. The van der Waals surface area contributed by atoms with Crippen molar-refractivity contribution >= 4 is 29.4 Å². The van der Waals surface area contributed by atoms with Gasteiger partial charge in [-0.05, 0) is 56.6 Å². The van der Waals surface area contributed by atoms with Crippen molar-refractivity contribution in [1.29, 1.82) is 0 Å². The van der Waals surface area contributed by atoms with Crippen molar-refractivity contribution in [3.63, 3.8) is 0 Å². The fraction of sp³-hybridized carbons (Fsp3) is 0.429. The lowest BCUT2D eigenvalue weighted by molar-refractivity contribution is 0.147. The minimum absolute atomic E-state index is 0.361. The molecule has 1 amide bonds. The Labute approximate surface area is 165 Å². The molecular weight excluding hydrogens is 358 g/mol. The Morgan fingerprint density at radius 2 is 1.81 bits per heavy atom. The maximum absolute atomic E-state index is 12.9. The summed E-state index contributed by atoms with van der Waals surface area (Å²) in [6, 6.07) is 11.7. The number of nitrogens with zero attached hydrogens (tertiary/aromatic N) is 3. The minimum atomic E-state index is -0.361. The Bertz CT molecular complexity index is 717. The molecule has 0 fully saturated rings. The van der Waals surface area contributed by atoms with Crippen molar-refractivity contribution in [2.24, 2.45) is 0 Å². The van der Waals surface area contributed by atoms with Crippen molar-refractivity contribution in [3.8, 4) is 0 Å². The van der Waals surface area contributed by atoms with Crippen LogP contribution >= 0.6 is 11.8 Å². The highest BCUT2D eigenvalue weighted by atomic mass is 32.2. The van der Waals surface area contributed by atoms with Gasteiger partial charge in [0.2, 0.25) is 0 Å². The lowest BCUT2D eigenvalue weighted by atomic mass is 10.2. The molecule has 1 aliphatic rings. The van der Waals surface area contributed by atoms with Crippen LogP contribution in [0.4, 0.5) is 16.3 Å². The highest BCUT2D eigenvalue weighted by Crippen LogP contribution is 2.46. The summed E-state index contributed by atoms with van der Waals surface area (Å²) in [6.07, 6.45) is 4.47. The van der Waals surface area contributed by atoms with Crippen LogP contribution in [0.15, 0.2) is 52.4 Å². The molecule has 2 aromatic rings. The average Bonchev–Trinajstić information content (AvgIpc) is 2.69. The number of hydrogen-bond acceptors (Lipinski definition) is 5. The quantitative estimate of drug-likeness (QED) is 0.575. The normalized spacial score (nSPS) is 12.6. The molecule has 5 nitrogen and oxygen atoms in total. The highest BCUT2D eigenvalue weighted by molar-refractivity contribution is 7.99. The van der Waals surface area contributed by atoms with Gasteiger partial charge in [0.25, 0.3) is 0 Å². The molecule has 2 heterocycles. The van der Waals surface area contributed by atoms with Crippen LogP contribution in [0, 0.1) is 0 Å². The van der Waals surface area contributed by atoms with Crippen molar-refractivity contribution < 1.29 is 9.53 Å². The third kappa shape index (κ3) is 4.82. The smallest absolute Gasteiger partial charge is 0.420 e. The van der Waals surface area contributed by atoms with Crippen molar-refractivity contribution in [3.05, 3.63) is 42.6 Å². The van der Waals surface area contributed by atoms with E-state index < -0.39 is 0 Å². The number of carbonyl (C=O) groups is 1. The molecule has 1 aromatic carbocycles. The summed E-state index contributed by atoms with van der Waals surface area (Å²) in [6.45, 7) is 7.94. The lowest BCUT2D eigenvalue weighted by Crippen LogP contribution is -2.31. The first-order chi connectivity index (χ1) is 13.2. The molecule has 0 saturated carbocycles. The Morgan fingerprint density at radius 1 is 1.07 bits per heavy atom. The maximum atomic E-state index is 12.9. The third-order valence-corrected chi connectivity index (χ3v) is 5.50. The topological polar surface area (TPSA) is 45.7 Å². The molecule has 0 spiro atoms. The molecule has 6 heteroatoms. The van der Waals surface area contributed by atoms with Gasteiger partial charge in [-0.15, -0.1) is 0 Å². The van der Waals surface area contributed by atoms with Gasteiger partial charge < -0.3 is 9.64 Å². The van der Waals surface area contributed by atoms with Gasteiger partial charge in [0.1, 0.15) is 0 Å². The second-order valence-electron chi connectivity index (χ2n) is 6.54. The molecule has 0 saturated heterocycles. The summed E-state index contributed by atoms with van der Waals surface area (Å²) in [7, 11) is 0. The van der Waals surface area contributed by atoms with E-state index in [0.717, 1.165) is 54.4 Å². The number of para-hydroxylation sites is 1. The van der Waals surface area contributed by atoms with Gasteiger partial charge in [-0.2, -0.15) is 0 Å². The van der Waals surface area contributed by atoms with Crippen LogP contribution in [0.25, 0.3) is 0 Å². The number of pyridine rings is 1. The van der Waals surface area contributed by atoms with Gasteiger partial charge in [0, 0.05) is 17.6 Å². The van der Waals surface area contributed by atoms with Crippen LogP contribution in [0.5, 0.6) is 0 Å². The molecular formula is C21H27N3O2S. The SMILES string of the molecule is CCCN(CCC)CCCOC(=O)N1c2ccccc2Sc2cccnc21. The number of benzene rings is 1. The summed E-state index contributed by atoms with van der Waals surface area (Å²) in [5.74, 6) is 0.643. The maximum Gasteiger partial charge on any atom is 0.420 e. The molecule has 0 bridgehead atoms. The van der Waals surface area contributed by atoms with E-state index in [0.29, 0.717) is 12.4 Å². The highest BCUT2D eigenvalue weighted by Gasteiger charge is 2.30. The van der Waals surface area contributed by atoms with Crippen molar-refractivity contribution in [2.45, 2.75) is 42.9 Å². The number of carbonyl (C=O) groups excluding carboxylic acids is 1. The van der Waals surface area contributed by atoms with E-state index in [9.17, 15) is 4.79 Å². The minimum Gasteiger partial charge on any atom is -0.449 e. The van der Waals surface area contributed by atoms with E-state index in [-0.39, 0.29) is 6.09 Å². The van der Waals surface area contributed by atoms with E-state index in [4.69, 9.17) is 4.74 Å². The molecule has 1 aromatic heterocycles. The number of anilines is 2. The lowest BCUT2D eigenvalue weighted by Gasteiger charge is -2.29. The summed E-state index contributed by atoms with van der Waals surface area (Å²) in [5, 5.41) is 0. The van der Waals surface area contributed by atoms with Crippen molar-refractivity contribution in [2.75, 3.05) is 31.1 Å². The standard InChI is InChI=1S/C21H27N3O2S/c1-3-13-23(14-4-2)15-8-16-26-21(25)24-17-9-5-6-10-18(17)27-19-11-7-12-22-20(19)24/h5-7,9-12H,3-4,8,13-16H2,1-2H3. The molecule has 0 radical (unpaired) electrons. The predicted molar refractivity (Wildman–Crippen MR) is 110 cm³/mol. The van der Waals surface area contributed by atoms with Crippen LogP contribution in [-0.2, 0) is 4.74 Å². The number of aromatic nitrogens is 1. The van der Waals surface area contributed by atoms with Crippen LogP contribution in [0.2, 0.25) is 0 Å². The zero-order valence-corrected chi connectivity index (χ0v) is 16.9. The van der Waals surface area contributed by atoms with E-state index in [1.165, 1.54) is 0 Å². The van der Waals surface area contributed by atoms with Crippen LogP contribution in [0.3, 0.4) is 0 Å². The summed E-state index contributed by atoms with van der Waals surface area (Å²) >= 11 is 1.63. The number of rotatable bonds is 8. The zero-order valence-electron chi connectivity index (χ0n) is 16.1. The Kier molecular flexibility index (Phi) is 7.12. The first kappa shape index (κ1) is 19.7. The monoisotopic (exact) mass is 385 g/mol. The van der Waals surface area contributed by atoms with Gasteiger partial charge in [-0.1, -0.05) is 37.7 Å². The Hall–Kier alpha value is -2.05. The van der Waals surface area contributed by atoms with E-state index >= 15 is 0 Å². The zero-order chi connectivity index (χ0) is 19.1. The second-order valence-corrected chi connectivity index (χ2v) is 7.62. The van der Waals surface area contributed by atoms with E-state index in [2.05, 4.69) is 23.7 Å². The van der Waals surface area contributed by atoms with Gasteiger partial charge in [0.15, 0.2) is 5.82 Å². The first-order valence-electron chi connectivity index (χ1n) is 9.65. The number of fused-ring (bicyclic) bond motifs is 2. The van der Waals surface area contributed by atoms with Gasteiger partial charge in [0.05, 0.1) is 17.2 Å². The van der Waals surface area contributed by atoms with Crippen LogP contribution < -0.4 is 4.90 Å². The molecule has 0 N–H and O–H groups in total. The molecule has 0 unspecified atom stereocenters. The van der Waals surface area contributed by atoms with E-state index in [1.807, 2.05) is 36.4 Å². The van der Waals surface area contributed by atoms with E-state index in [1.54, 1.807) is 22.9 Å². The largest absolute Gasteiger partial charge is 0.449 e. The summed E-state index contributed by atoms with van der Waals surface area (Å²) in [5.41, 5.74) is 0.831. The third-order valence-electron chi connectivity index (χ3n) is 4.40. The fourth-order valence-electron chi connectivity index (χ4n) is 3.26.